The molecular weight excluding hydrogens is 448 g/mol. The molecule has 0 aromatic heterocycles. The van der Waals surface area contributed by atoms with Gasteiger partial charge < -0.3 is 15.3 Å². The second-order valence-corrected chi connectivity index (χ2v) is 8.94. The second kappa shape index (κ2) is 12.0. The molecule has 6 heteroatoms. The first-order valence-electron chi connectivity index (χ1n) is 12.2. The number of hydrogen-bond donors (Lipinski definition) is 3. The molecule has 0 saturated heterocycles. The highest BCUT2D eigenvalue weighted by Gasteiger charge is 2.20. The molecule has 6 nitrogen and oxygen atoms in total. The number of nitrogens with one attached hydrogen (secondary N) is 2. The molecular formula is C30H33N4O2+2. The Morgan fingerprint density at radius 1 is 0.889 bits per heavy atom. The zero-order valence-corrected chi connectivity index (χ0v) is 20.7. The summed E-state index contributed by atoms with van der Waals surface area (Å²) in [5, 5.41) is 13.4. The van der Waals surface area contributed by atoms with Crippen molar-refractivity contribution in [2.24, 2.45) is 0 Å². The molecule has 183 valence electrons. The molecule has 1 radical (unpaired) electrons. The molecule has 0 unspecified atom stereocenters. The number of amides is 1. The van der Waals surface area contributed by atoms with Crippen molar-refractivity contribution in [2.45, 2.75) is 25.9 Å². The average Bonchev–Trinajstić information content (AvgIpc) is 2.90. The topological polar surface area (TPSA) is 72.4 Å². The summed E-state index contributed by atoms with van der Waals surface area (Å²) in [4.78, 5) is 19.4. The number of rotatable bonds is 8. The maximum Gasteiger partial charge on any atom is 0.353 e. The first-order valence-corrected chi connectivity index (χ1v) is 12.2. The summed E-state index contributed by atoms with van der Waals surface area (Å²) in [6, 6.07) is 19.9. The number of hydrogen-bond acceptors (Lipinski definition) is 3. The van der Waals surface area contributed by atoms with E-state index >= 15 is 0 Å². The van der Waals surface area contributed by atoms with Gasteiger partial charge in [0, 0.05) is 37.0 Å². The van der Waals surface area contributed by atoms with Crippen LogP contribution in [0.5, 0.6) is 0 Å². The highest BCUT2D eigenvalue weighted by molar-refractivity contribution is 5.79. The quantitative estimate of drug-likeness (QED) is 0.307. The third-order valence-corrected chi connectivity index (χ3v) is 6.13. The Labute approximate surface area is 213 Å². The first kappa shape index (κ1) is 24.9. The Bertz CT molecular complexity index is 1190. The second-order valence-electron chi connectivity index (χ2n) is 8.94. The summed E-state index contributed by atoms with van der Waals surface area (Å²) < 4.78 is 0. The maximum atomic E-state index is 12.5. The molecule has 4 rings (SSSR count). The van der Waals surface area contributed by atoms with E-state index in [-0.39, 0.29) is 30.4 Å². The number of benzene rings is 2. The Morgan fingerprint density at radius 3 is 2.06 bits per heavy atom. The molecule has 2 aliphatic heterocycles. The molecule has 0 saturated carbocycles. The van der Waals surface area contributed by atoms with E-state index in [1.165, 1.54) is 0 Å². The van der Waals surface area contributed by atoms with E-state index in [1.807, 2.05) is 133 Å². The predicted molar refractivity (Wildman–Crippen MR) is 144 cm³/mol. The maximum absolute atomic E-state index is 12.5. The first-order chi connectivity index (χ1) is 17.5. The SMILES string of the molecule is C[C@@H](NC(=O)C[N+]1C=CC(=C2C=CN(CC(O)=[NH+][C@H](C)c3ccccc3)C=C2)C=C1)c1ccccc1. The lowest BCUT2D eigenvalue weighted by atomic mass is 10.0. The fourth-order valence-electron chi connectivity index (χ4n) is 4.08. The van der Waals surface area contributed by atoms with Gasteiger partial charge in [-0.3, -0.25) is 4.79 Å². The van der Waals surface area contributed by atoms with Crippen LogP contribution in [0.15, 0.2) is 121 Å². The molecule has 2 aromatic rings. The van der Waals surface area contributed by atoms with Gasteiger partial charge in [0.1, 0.15) is 6.54 Å². The van der Waals surface area contributed by atoms with Gasteiger partial charge in [-0.2, -0.15) is 0 Å². The van der Waals surface area contributed by atoms with Gasteiger partial charge in [0.25, 0.3) is 5.91 Å². The van der Waals surface area contributed by atoms with Gasteiger partial charge in [0.15, 0.2) is 18.4 Å². The molecule has 2 aromatic carbocycles. The van der Waals surface area contributed by atoms with Crippen LogP contribution in [0.3, 0.4) is 0 Å². The van der Waals surface area contributed by atoms with Gasteiger partial charge in [0.05, 0.1) is 6.04 Å². The van der Waals surface area contributed by atoms with Gasteiger partial charge in [0.2, 0.25) is 6.54 Å². The molecule has 1 amide bonds. The summed E-state index contributed by atoms with van der Waals surface area (Å²) in [6.07, 6.45) is 15.7. The molecule has 2 aliphatic rings. The molecule has 2 atom stereocenters. The van der Waals surface area contributed by atoms with E-state index in [9.17, 15) is 9.90 Å². The molecule has 36 heavy (non-hydrogen) atoms. The third-order valence-electron chi connectivity index (χ3n) is 6.13. The van der Waals surface area contributed by atoms with E-state index in [0.717, 1.165) is 22.3 Å². The van der Waals surface area contributed by atoms with E-state index in [4.69, 9.17) is 0 Å². The van der Waals surface area contributed by atoms with Crippen molar-refractivity contribution in [3.05, 3.63) is 132 Å². The normalized spacial score (nSPS) is 17.4. The number of nitrogens with zero attached hydrogens (tertiary/aromatic N) is 2. The number of carbonyl (C=O) groups is 1. The Morgan fingerprint density at radius 2 is 1.44 bits per heavy atom. The molecule has 2 heterocycles. The lowest BCUT2D eigenvalue weighted by Crippen LogP contribution is -2.75. The van der Waals surface area contributed by atoms with E-state index in [1.54, 1.807) is 0 Å². The van der Waals surface area contributed by atoms with E-state index in [2.05, 4.69) is 10.3 Å². The minimum Gasteiger partial charge on any atom is -0.462 e. The zero-order chi connectivity index (χ0) is 25.3. The van der Waals surface area contributed by atoms with Crippen molar-refractivity contribution in [1.29, 1.82) is 0 Å². The fourth-order valence-corrected chi connectivity index (χ4v) is 4.08. The summed E-state index contributed by atoms with van der Waals surface area (Å²) in [6.45, 7) is 4.63. The molecule has 0 bridgehead atoms. The average molecular weight is 482 g/mol. The summed E-state index contributed by atoms with van der Waals surface area (Å²) in [5.41, 5.74) is 4.32. The van der Waals surface area contributed by atoms with Gasteiger partial charge >= 0.3 is 5.90 Å². The molecule has 0 spiro atoms. The minimum atomic E-state index is -0.0389. The molecule has 3 N–H and O–H groups in total. The van der Waals surface area contributed by atoms with E-state index in [0.29, 0.717) is 6.54 Å². The lowest BCUT2D eigenvalue weighted by molar-refractivity contribution is -0.514. The van der Waals surface area contributed by atoms with Crippen molar-refractivity contribution in [2.75, 3.05) is 13.1 Å². The number of aliphatic hydroxyl groups is 1. The van der Waals surface area contributed by atoms with Crippen LogP contribution >= 0.6 is 0 Å². The highest BCUT2D eigenvalue weighted by Crippen LogP contribution is 2.19. The zero-order valence-electron chi connectivity index (χ0n) is 20.7. The third kappa shape index (κ3) is 6.93. The Balaban J connectivity index is 1.27. The van der Waals surface area contributed by atoms with Gasteiger partial charge in [-0.1, -0.05) is 60.7 Å². The Kier molecular flexibility index (Phi) is 8.32. The minimum absolute atomic E-state index is 0.0192. The van der Waals surface area contributed by atoms with Crippen LogP contribution in [0.25, 0.3) is 0 Å². The van der Waals surface area contributed by atoms with Crippen LogP contribution in [-0.2, 0) is 4.79 Å². The van der Waals surface area contributed by atoms with Crippen LogP contribution in [-0.4, -0.2) is 34.9 Å². The van der Waals surface area contributed by atoms with Crippen molar-refractivity contribution in [3.8, 4) is 0 Å². The summed E-state index contributed by atoms with van der Waals surface area (Å²) in [7, 11) is 0. The lowest BCUT2D eigenvalue weighted by Gasteiger charge is -2.17. The monoisotopic (exact) mass is 481 g/mol. The standard InChI is InChI=1S/C30H32N4O2/c1-23(25-9-5-3-6-10-25)31-29(35)21-33-17-13-27(14-18-33)28-15-19-34(20-16-28)22-30(36)32-24(2)26-11-7-4-8-12-26/h3-20,23-24H,21-22H2,1-2H3,(H,31,35)(H,32,36)/q+1/p+1/t23-,24-/m1/s1. The van der Waals surface area contributed by atoms with Crippen LogP contribution in [0.2, 0.25) is 0 Å². The highest BCUT2D eigenvalue weighted by atomic mass is 16.3. The number of carbonyl (C=O) groups excluding carboxylic acids is 1. The van der Waals surface area contributed by atoms with Crippen LogP contribution in [0.1, 0.15) is 37.1 Å². The van der Waals surface area contributed by atoms with Crippen molar-refractivity contribution < 1.29 is 14.9 Å². The van der Waals surface area contributed by atoms with Crippen molar-refractivity contribution >= 4 is 11.8 Å². The number of aliphatic hydroxyl groups excluding tert-OH is 1. The smallest absolute Gasteiger partial charge is 0.353 e. The van der Waals surface area contributed by atoms with Crippen LogP contribution in [0, 0.1) is 0 Å². The Hall–Kier alpha value is -4.16. The largest absolute Gasteiger partial charge is 0.462 e. The van der Waals surface area contributed by atoms with Crippen molar-refractivity contribution in [3.63, 3.8) is 0 Å². The van der Waals surface area contributed by atoms with Gasteiger partial charge in [-0.05, 0) is 35.8 Å². The molecule has 0 fully saturated rings. The van der Waals surface area contributed by atoms with Gasteiger partial charge in [-0.15, -0.1) is 4.90 Å². The fraction of sp³-hybridized carbons (Fsp3) is 0.200. The van der Waals surface area contributed by atoms with Crippen LogP contribution < -0.4 is 15.2 Å². The number of allylic oxidation sites excluding steroid dienone is 6. The summed E-state index contributed by atoms with van der Waals surface area (Å²) >= 11 is 0. The van der Waals surface area contributed by atoms with Crippen LogP contribution in [0.4, 0.5) is 0 Å². The predicted octanol–water partition coefficient (Wildman–Crippen LogP) is 3.48. The summed E-state index contributed by atoms with van der Waals surface area (Å²) in [5.74, 6) is 0.181. The van der Waals surface area contributed by atoms with E-state index < -0.39 is 0 Å². The van der Waals surface area contributed by atoms with Gasteiger partial charge in [-0.25, -0.2) is 4.99 Å². The van der Waals surface area contributed by atoms with Crippen molar-refractivity contribution in [1.82, 2.24) is 15.1 Å². The molecule has 0 aliphatic carbocycles.